The van der Waals surface area contributed by atoms with E-state index in [1.54, 1.807) is 0 Å². The fourth-order valence-electron chi connectivity index (χ4n) is 2.14. The lowest BCUT2D eigenvalue weighted by atomic mass is 10.0. The first-order chi connectivity index (χ1) is 9.18. The highest BCUT2D eigenvalue weighted by Crippen LogP contribution is 2.25. The van der Waals surface area contributed by atoms with Gasteiger partial charge < -0.3 is 15.0 Å². The van der Waals surface area contributed by atoms with Crippen LogP contribution in [0, 0.1) is 0 Å². The van der Waals surface area contributed by atoms with Crippen LogP contribution in [0.1, 0.15) is 25.3 Å². The molecule has 112 valence electrons. The van der Waals surface area contributed by atoms with Gasteiger partial charge in [-0.15, -0.1) is 24.0 Å². The number of aliphatic imine (C=N–C) groups is 1. The first-order valence-corrected chi connectivity index (χ1v) is 6.89. The second-order valence-electron chi connectivity index (χ2n) is 5.09. The summed E-state index contributed by atoms with van der Waals surface area (Å²) in [5.41, 5.74) is 1.26. The van der Waals surface area contributed by atoms with E-state index in [1.807, 2.05) is 19.2 Å². The van der Waals surface area contributed by atoms with Crippen LogP contribution in [0.2, 0.25) is 0 Å². The molecule has 0 unspecified atom stereocenters. The van der Waals surface area contributed by atoms with E-state index in [1.165, 1.54) is 5.56 Å². The Balaban J connectivity index is 0.00000200. The van der Waals surface area contributed by atoms with E-state index in [-0.39, 0.29) is 24.0 Å². The number of halogens is 1. The van der Waals surface area contributed by atoms with Gasteiger partial charge >= 0.3 is 0 Å². The molecule has 1 aliphatic rings. The predicted molar refractivity (Wildman–Crippen MR) is 94.4 cm³/mol. The highest BCUT2D eigenvalue weighted by Gasteiger charge is 2.11. The molecule has 0 radical (unpaired) electrons. The normalized spacial score (nSPS) is 14.0. The van der Waals surface area contributed by atoms with Crippen LogP contribution in [0.3, 0.4) is 0 Å². The molecular formula is C15H24IN3O. The minimum atomic E-state index is 0. The lowest BCUT2D eigenvalue weighted by Crippen LogP contribution is -2.37. The molecular weight excluding hydrogens is 365 g/mol. The number of guanidine groups is 1. The molecule has 0 aliphatic carbocycles. The maximum absolute atomic E-state index is 5.86. The van der Waals surface area contributed by atoms with Crippen molar-refractivity contribution in [2.75, 3.05) is 33.3 Å². The number of nitrogens with zero attached hydrogens (tertiary/aromatic N) is 2. The van der Waals surface area contributed by atoms with Crippen LogP contribution >= 0.6 is 24.0 Å². The molecule has 4 nitrogen and oxygen atoms in total. The standard InChI is InChI=1S/C15H23N3O.HI/c1-12(2)13-6-4-5-7-14(13)19-11-9-17-15-16-8-10-18(15)3;/h4-7,12H,8-11H2,1-3H3,(H,16,17);1H. The van der Waals surface area contributed by atoms with Gasteiger partial charge in [-0.3, -0.25) is 4.99 Å². The molecule has 0 fully saturated rings. The van der Waals surface area contributed by atoms with Crippen LogP contribution < -0.4 is 10.1 Å². The van der Waals surface area contributed by atoms with E-state index in [9.17, 15) is 0 Å². The number of hydrogen-bond donors (Lipinski definition) is 1. The zero-order chi connectivity index (χ0) is 13.7. The van der Waals surface area contributed by atoms with Crippen molar-refractivity contribution in [1.82, 2.24) is 10.2 Å². The van der Waals surface area contributed by atoms with Gasteiger partial charge in [0.2, 0.25) is 0 Å². The van der Waals surface area contributed by atoms with Gasteiger partial charge in [0, 0.05) is 13.6 Å². The number of ether oxygens (including phenoxy) is 1. The summed E-state index contributed by atoms with van der Waals surface area (Å²) in [7, 11) is 2.05. The quantitative estimate of drug-likeness (QED) is 0.622. The maximum Gasteiger partial charge on any atom is 0.193 e. The minimum Gasteiger partial charge on any atom is -0.491 e. The number of hydrogen-bond acceptors (Lipinski definition) is 4. The van der Waals surface area contributed by atoms with Gasteiger partial charge in [0.25, 0.3) is 0 Å². The Morgan fingerprint density at radius 3 is 2.75 bits per heavy atom. The van der Waals surface area contributed by atoms with Crippen molar-refractivity contribution in [3.63, 3.8) is 0 Å². The van der Waals surface area contributed by atoms with E-state index in [0.717, 1.165) is 31.3 Å². The van der Waals surface area contributed by atoms with Crippen LogP contribution in [-0.2, 0) is 0 Å². The number of rotatable bonds is 5. The van der Waals surface area contributed by atoms with E-state index >= 15 is 0 Å². The van der Waals surface area contributed by atoms with Crippen LogP contribution in [0.15, 0.2) is 29.3 Å². The summed E-state index contributed by atoms with van der Waals surface area (Å²) in [5, 5.41) is 3.30. The van der Waals surface area contributed by atoms with Gasteiger partial charge in [0.05, 0.1) is 13.1 Å². The predicted octanol–water partition coefficient (Wildman–Crippen LogP) is 2.70. The monoisotopic (exact) mass is 389 g/mol. The zero-order valence-corrected chi connectivity index (χ0v) is 14.8. The molecule has 0 amide bonds. The second kappa shape index (κ2) is 8.34. The van der Waals surface area contributed by atoms with Gasteiger partial charge in [-0.05, 0) is 17.5 Å². The molecule has 0 atom stereocenters. The molecule has 0 saturated carbocycles. The summed E-state index contributed by atoms with van der Waals surface area (Å²) in [6.07, 6.45) is 0. The van der Waals surface area contributed by atoms with Crippen molar-refractivity contribution in [3.05, 3.63) is 29.8 Å². The zero-order valence-electron chi connectivity index (χ0n) is 12.4. The van der Waals surface area contributed by atoms with Crippen molar-refractivity contribution >= 4 is 29.9 Å². The highest BCUT2D eigenvalue weighted by atomic mass is 127. The van der Waals surface area contributed by atoms with Gasteiger partial charge in [-0.2, -0.15) is 0 Å². The lowest BCUT2D eigenvalue weighted by molar-refractivity contribution is 0.316. The summed E-state index contributed by atoms with van der Waals surface area (Å²) in [5.74, 6) is 2.44. The van der Waals surface area contributed by atoms with Crippen LogP contribution in [-0.4, -0.2) is 44.1 Å². The molecule has 20 heavy (non-hydrogen) atoms. The Labute approximate surface area is 138 Å². The smallest absolute Gasteiger partial charge is 0.193 e. The number of para-hydroxylation sites is 1. The average Bonchev–Trinajstić information content (AvgIpc) is 2.80. The van der Waals surface area contributed by atoms with Crippen molar-refractivity contribution in [3.8, 4) is 5.75 Å². The molecule has 2 rings (SSSR count). The summed E-state index contributed by atoms with van der Waals surface area (Å²) in [6.45, 7) is 7.67. The largest absolute Gasteiger partial charge is 0.491 e. The summed E-state index contributed by atoms with van der Waals surface area (Å²) >= 11 is 0. The van der Waals surface area contributed by atoms with Gasteiger partial charge in [0.15, 0.2) is 5.96 Å². The van der Waals surface area contributed by atoms with E-state index in [4.69, 9.17) is 4.74 Å². The van der Waals surface area contributed by atoms with Crippen molar-refractivity contribution in [2.24, 2.45) is 4.99 Å². The molecule has 0 aromatic heterocycles. The molecule has 1 aromatic rings. The number of benzene rings is 1. The lowest BCUT2D eigenvalue weighted by Gasteiger charge is -2.17. The first kappa shape index (κ1) is 17.1. The Morgan fingerprint density at radius 2 is 2.10 bits per heavy atom. The number of nitrogens with one attached hydrogen (secondary N) is 1. The SMILES string of the molecule is CC(C)c1ccccc1OCCNC1=NCCN1C.I. The summed E-state index contributed by atoms with van der Waals surface area (Å²) in [6, 6.07) is 8.24. The first-order valence-electron chi connectivity index (χ1n) is 6.89. The van der Waals surface area contributed by atoms with Crippen LogP contribution in [0.5, 0.6) is 5.75 Å². The molecule has 1 aliphatic heterocycles. The summed E-state index contributed by atoms with van der Waals surface area (Å²) in [4.78, 5) is 6.51. The maximum atomic E-state index is 5.86. The van der Waals surface area contributed by atoms with Crippen LogP contribution in [0.25, 0.3) is 0 Å². The molecule has 1 N–H and O–H groups in total. The second-order valence-corrected chi connectivity index (χ2v) is 5.09. The topological polar surface area (TPSA) is 36.9 Å². The average molecular weight is 389 g/mol. The Kier molecular flexibility index (Phi) is 7.12. The highest BCUT2D eigenvalue weighted by molar-refractivity contribution is 14.0. The third kappa shape index (κ3) is 4.54. The van der Waals surface area contributed by atoms with Gasteiger partial charge in [-0.25, -0.2) is 0 Å². The van der Waals surface area contributed by atoms with Crippen molar-refractivity contribution in [2.45, 2.75) is 19.8 Å². The third-order valence-corrected chi connectivity index (χ3v) is 3.24. The fourth-order valence-corrected chi connectivity index (χ4v) is 2.14. The Bertz CT molecular complexity index is 448. The van der Waals surface area contributed by atoms with Gasteiger partial charge in [-0.1, -0.05) is 32.0 Å². The molecule has 0 spiro atoms. The molecule has 5 heteroatoms. The van der Waals surface area contributed by atoms with Gasteiger partial charge in [0.1, 0.15) is 12.4 Å². The summed E-state index contributed by atoms with van der Waals surface area (Å²) < 4.78 is 5.86. The molecule has 0 bridgehead atoms. The molecule has 0 saturated heterocycles. The minimum absolute atomic E-state index is 0. The van der Waals surface area contributed by atoms with E-state index in [0.29, 0.717) is 12.5 Å². The molecule has 1 heterocycles. The van der Waals surface area contributed by atoms with Crippen molar-refractivity contribution < 1.29 is 4.74 Å². The Hall–Kier alpha value is -0.980. The molecule has 1 aromatic carbocycles. The van der Waals surface area contributed by atoms with E-state index < -0.39 is 0 Å². The fraction of sp³-hybridized carbons (Fsp3) is 0.533. The third-order valence-electron chi connectivity index (χ3n) is 3.24. The van der Waals surface area contributed by atoms with E-state index in [2.05, 4.69) is 41.2 Å². The Morgan fingerprint density at radius 1 is 1.35 bits per heavy atom. The van der Waals surface area contributed by atoms with Crippen LogP contribution in [0.4, 0.5) is 0 Å². The van der Waals surface area contributed by atoms with Crippen molar-refractivity contribution in [1.29, 1.82) is 0 Å². The number of likely N-dealkylation sites (N-methyl/N-ethyl adjacent to an activating group) is 1.